The van der Waals surface area contributed by atoms with Gasteiger partial charge < -0.3 is 10.1 Å². The summed E-state index contributed by atoms with van der Waals surface area (Å²) in [7, 11) is -1.21. The Morgan fingerprint density at radius 2 is 1.96 bits per heavy atom. The van der Waals surface area contributed by atoms with E-state index in [4.69, 9.17) is 0 Å². The minimum atomic E-state index is -3.91. The van der Waals surface area contributed by atoms with Crippen LogP contribution in [0.3, 0.4) is 0 Å². The maximum Gasteiger partial charge on any atom is 0.349 e. The number of benzene rings is 1. The van der Waals surface area contributed by atoms with Gasteiger partial charge in [-0.2, -0.15) is 4.72 Å². The lowest BCUT2D eigenvalue weighted by Crippen LogP contribution is -2.25. The molecule has 2 N–H and O–H groups in total. The van der Waals surface area contributed by atoms with Gasteiger partial charge in [0.1, 0.15) is 9.77 Å². The van der Waals surface area contributed by atoms with Gasteiger partial charge >= 0.3 is 5.97 Å². The lowest BCUT2D eigenvalue weighted by Gasteiger charge is -2.04. The summed E-state index contributed by atoms with van der Waals surface area (Å²) >= 11 is 0.979. The fourth-order valence-corrected chi connectivity index (χ4v) is 4.28. The fraction of sp³-hybridized carbons (Fsp3) is 0.176. The molecule has 0 aliphatic carbocycles. The Hall–Kier alpha value is -2.67. The van der Waals surface area contributed by atoms with E-state index in [9.17, 15) is 18.0 Å². The van der Waals surface area contributed by atoms with Crippen molar-refractivity contribution >= 4 is 33.2 Å². The number of methoxy groups -OCH3 is 1. The molecule has 136 valence electrons. The number of carbonyl (C=O) groups excluding carboxylic acids is 2. The van der Waals surface area contributed by atoms with E-state index in [1.54, 1.807) is 24.3 Å². The summed E-state index contributed by atoms with van der Waals surface area (Å²) in [6.45, 7) is -0.180. The van der Waals surface area contributed by atoms with Crippen molar-refractivity contribution in [1.29, 1.82) is 0 Å². The van der Waals surface area contributed by atoms with E-state index in [1.807, 2.05) is 0 Å². The summed E-state index contributed by atoms with van der Waals surface area (Å²) in [4.78, 5) is 23.2. The second-order valence-corrected chi connectivity index (χ2v) is 7.51. The highest BCUT2D eigenvalue weighted by molar-refractivity contribution is 7.89. The van der Waals surface area contributed by atoms with Gasteiger partial charge in [0.15, 0.2) is 0 Å². The Morgan fingerprint density at radius 1 is 1.23 bits per heavy atom. The Balaban J connectivity index is 2.15. The topological polar surface area (TPSA) is 102 Å². The fourth-order valence-electron chi connectivity index (χ4n) is 2.02. The van der Waals surface area contributed by atoms with Crippen LogP contribution in [0.1, 0.15) is 25.6 Å². The van der Waals surface area contributed by atoms with Crippen LogP contribution in [0.2, 0.25) is 0 Å². The molecule has 2 aromatic rings. The first-order chi connectivity index (χ1) is 12.4. The average Bonchev–Trinajstić information content (AvgIpc) is 3.15. The van der Waals surface area contributed by atoms with Crippen LogP contribution in [-0.2, 0) is 14.8 Å². The highest BCUT2D eigenvalue weighted by atomic mass is 32.2. The van der Waals surface area contributed by atoms with Crippen molar-refractivity contribution in [2.75, 3.05) is 20.7 Å². The number of nitrogens with one attached hydrogen (secondary N) is 2. The van der Waals surface area contributed by atoms with Gasteiger partial charge in [-0.05, 0) is 23.6 Å². The van der Waals surface area contributed by atoms with E-state index in [1.165, 1.54) is 25.6 Å². The molecule has 0 bridgehead atoms. The number of rotatable bonds is 5. The summed E-state index contributed by atoms with van der Waals surface area (Å²) in [5.74, 6) is 4.44. The van der Waals surface area contributed by atoms with Crippen molar-refractivity contribution in [1.82, 2.24) is 10.0 Å². The van der Waals surface area contributed by atoms with Crippen LogP contribution in [0.25, 0.3) is 0 Å². The maximum atomic E-state index is 12.3. The molecule has 0 atom stereocenters. The number of esters is 1. The minimum Gasteiger partial charge on any atom is -0.465 e. The molecule has 0 aliphatic rings. The Morgan fingerprint density at radius 3 is 2.65 bits per heavy atom. The molecule has 1 amide bonds. The van der Waals surface area contributed by atoms with Gasteiger partial charge in [0, 0.05) is 12.6 Å². The van der Waals surface area contributed by atoms with Crippen LogP contribution in [0.4, 0.5) is 0 Å². The SMILES string of the molecule is CNC(=O)c1ccccc1C#CCNS(=O)(=O)c1ccsc1C(=O)OC. The summed E-state index contributed by atoms with van der Waals surface area (Å²) in [5.41, 5.74) is 0.882. The van der Waals surface area contributed by atoms with Crippen molar-refractivity contribution < 1.29 is 22.7 Å². The molecule has 0 unspecified atom stereocenters. The molecule has 0 saturated heterocycles. The molecular weight excluding hydrogens is 376 g/mol. The number of sulfonamides is 1. The predicted molar refractivity (Wildman–Crippen MR) is 97.6 cm³/mol. The van der Waals surface area contributed by atoms with Crippen molar-refractivity contribution in [2.24, 2.45) is 0 Å². The van der Waals surface area contributed by atoms with Crippen molar-refractivity contribution in [3.05, 3.63) is 51.7 Å². The largest absolute Gasteiger partial charge is 0.465 e. The Labute approximate surface area is 155 Å². The normalized spacial score (nSPS) is 10.5. The lowest BCUT2D eigenvalue weighted by molar-refractivity contribution is 0.0602. The highest BCUT2D eigenvalue weighted by Gasteiger charge is 2.23. The summed E-state index contributed by atoms with van der Waals surface area (Å²) < 4.78 is 31.5. The Kier molecular flexibility index (Phi) is 6.52. The van der Waals surface area contributed by atoms with Crippen LogP contribution in [0.5, 0.6) is 0 Å². The first kappa shape index (κ1) is 19.7. The molecule has 26 heavy (non-hydrogen) atoms. The smallest absolute Gasteiger partial charge is 0.349 e. The zero-order valence-electron chi connectivity index (χ0n) is 14.0. The van der Waals surface area contributed by atoms with E-state index >= 15 is 0 Å². The zero-order chi connectivity index (χ0) is 19.2. The van der Waals surface area contributed by atoms with Crippen LogP contribution < -0.4 is 10.0 Å². The summed E-state index contributed by atoms with van der Waals surface area (Å²) in [5, 5.41) is 4.01. The van der Waals surface area contributed by atoms with Crippen LogP contribution in [0, 0.1) is 11.8 Å². The zero-order valence-corrected chi connectivity index (χ0v) is 15.7. The Bertz CT molecular complexity index is 984. The third kappa shape index (κ3) is 4.49. The van der Waals surface area contributed by atoms with Gasteiger partial charge in [-0.25, -0.2) is 13.2 Å². The van der Waals surface area contributed by atoms with Crippen molar-refractivity contribution in [2.45, 2.75) is 4.90 Å². The molecule has 9 heteroatoms. The molecule has 1 aromatic heterocycles. The van der Waals surface area contributed by atoms with Gasteiger partial charge in [0.2, 0.25) is 10.0 Å². The number of ether oxygens (including phenoxy) is 1. The highest BCUT2D eigenvalue weighted by Crippen LogP contribution is 2.22. The minimum absolute atomic E-state index is 0.00192. The second kappa shape index (κ2) is 8.62. The standard InChI is InChI=1S/C17H16N2O5S2/c1-18-16(20)13-8-4-3-6-12(13)7-5-10-19-26(22,23)14-9-11-25-15(14)17(21)24-2/h3-4,6,8-9,11,19H,10H2,1-2H3,(H,18,20). The molecular formula is C17H16N2O5S2. The summed E-state index contributed by atoms with van der Waals surface area (Å²) in [6, 6.07) is 8.06. The van der Waals surface area contributed by atoms with E-state index in [-0.39, 0.29) is 22.2 Å². The van der Waals surface area contributed by atoms with Gasteiger partial charge in [0.05, 0.1) is 19.2 Å². The molecule has 0 aliphatic heterocycles. The predicted octanol–water partition coefficient (Wildman–Crippen LogP) is 1.22. The number of amides is 1. The molecule has 1 aromatic carbocycles. The number of hydrogen-bond donors (Lipinski definition) is 2. The third-order valence-electron chi connectivity index (χ3n) is 3.26. The van der Waals surface area contributed by atoms with Crippen LogP contribution in [-0.4, -0.2) is 41.0 Å². The number of carbonyl (C=O) groups is 2. The van der Waals surface area contributed by atoms with E-state index in [2.05, 4.69) is 26.6 Å². The maximum absolute atomic E-state index is 12.3. The van der Waals surface area contributed by atoms with Gasteiger partial charge in [-0.15, -0.1) is 11.3 Å². The van der Waals surface area contributed by atoms with E-state index in [0.717, 1.165) is 11.3 Å². The van der Waals surface area contributed by atoms with Crippen LogP contribution >= 0.6 is 11.3 Å². The number of hydrogen-bond acceptors (Lipinski definition) is 6. The molecule has 0 spiro atoms. The van der Waals surface area contributed by atoms with E-state index in [0.29, 0.717) is 11.1 Å². The van der Waals surface area contributed by atoms with Gasteiger partial charge in [-0.1, -0.05) is 24.0 Å². The third-order valence-corrected chi connectivity index (χ3v) is 5.73. The molecule has 7 nitrogen and oxygen atoms in total. The molecule has 1 heterocycles. The molecule has 0 fully saturated rings. The molecule has 0 saturated carbocycles. The monoisotopic (exact) mass is 392 g/mol. The van der Waals surface area contributed by atoms with Gasteiger partial charge in [0.25, 0.3) is 5.91 Å². The first-order valence-corrected chi connectivity index (χ1v) is 9.72. The molecule has 2 rings (SSSR count). The van der Waals surface area contributed by atoms with Crippen LogP contribution in [0.15, 0.2) is 40.6 Å². The van der Waals surface area contributed by atoms with Crippen molar-refractivity contribution in [3.63, 3.8) is 0 Å². The molecule has 0 radical (unpaired) electrons. The van der Waals surface area contributed by atoms with Crippen molar-refractivity contribution in [3.8, 4) is 11.8 Å². The van der Waals surface area contributed by atoms with Gasteiger partial charge in [-0.3, -0.25) is 4.79 Å². The lowest BCUT2D eigenvalue weighted by atomic mass is 10.1. The van der Waals surface area contributed by atoms with E-state index < -0.39 is 16.0 Å². The average molecular weight is 392 g/mol. The quantitative estimate of drug-likeness (QED) is 0.589. The summed E-state index contributed by atoms with van der Waals surface area (Å²) in [6.07, 6.45) is 0. The first-order valence-electron chi connectivity index (χ1n) is 7.36. The second-order valence-electron chi connectivity index (χ2n) is 4.86. The number of thiophene rings is 1.